The first-order valence-corrected chi connectivity index (χ1v) is 13.6. The highest BCUT2D eigenvalue weighted by Gasteiger charge is 2.20. The number of pyridine rings is 1. The Morgan fingerprint density at radius 2 is 1.88 bits per heavy atom. The lowest BCUT2D eigenvalue weighted by atomic mass is 10.1. The number of ether oxygens (including phenoxy) is 4. The number of fused-ring (bicyclic) bond motifs is 1. The van der Waals surface area contributed by atoms with Crippen LogP contribution >= 0.6 is 0 Å². The lowest BCUT2D eigenvalue weighted by Crippen LogP contribution is -2.27. The predicted octanol–water partition coefficient (Wildman–Crippen LogP) is 5.58. The van der Waals surface area contributed by atoms with E-state index in [-0.39, 0.29) is 0 Å². The van der Waals surface area contributed by atoms with Gasteiger partial charge in [0.25, 0.3) is 0 Å². The molecule has 2 N–H and O–H groups in total. The second-order valence-corrected chi connectivity index (χ2v) is 10.6. The van der Waals surface area contributed by atoms with Gasteiger partial charge in [0.05, 0.1) is 19.0 Å². The molecule has 1 aliphatic heterocycles. The fourth-order valence-corrected chi connectivity index (χ4v) is 4.39. The summed E-state index contributed by atoms with van der Waals surface area (Å²) in [5, 5.41) is 11.0. The molecule has 41 heavy (non-hydrogen) atoms. The van der Waals surface area contributed by atoms with Gasteiger partial charge in [-0.05, 0) is 81.3 Å². The Kier molecular flexibility index (Phi) is 8.39. The Morgan fingerprint density at radius 3 is 2.71 bits per heavy atom. The zero-order valence-electron chi connectivity index (χ0n) is 23.8. The number of aromatic nitrogens is 3. The van der Waals surface area contributed by atoms with E-state index in [1.165, 1.54) is 4.68 Å². The maximum atomic E-state index is 12.2. The van der Waals surface area contributed by atoms with Crippen LogP contribution in [0.15, 0.2) is 67.0 Å². The van der Waals surface area contributed by atoms with E-state index in [1.54, 1.807) is 19.5 Å². The van der Waals surface area contributed by atoms with Crippen LogP contribution in [0.2, 0.25) is 0 Å². The number of hydrogen-bond donors (Lipinski definition) is 2. The van der Waals surface area contributed by atoms with E-state index >= 15 is 0 Å². The second-order valence-electron chi connectivity index (χ2n) is 10.6. The van der Waals surface area contributed by atoms with E-state index < -0.39 is 11.7 Å². The summed E-state index contributed by atoms with van der Waals surface area (Å²) in [6.45, 7) is 7.94. The maximum absolute atomic E-state index is 12.2. The zero-order chi connectivity index (χ0) is 28.8. The molecular weight excluding hydrogens is 522 g/mol. The molecule has 10 nitrogen and oxygen atoms in total. The first kappa shape index (κ1) is 28.0. The van der Waals surface area contributed by atoms with Crippen LogP contribution in [-0.4, -0.2) is 53.3 Å². The number of benzene rings is 2. The molecule has 0 unspecified atom stereocenters. The minimum atomic E-state index is -0.563. The van der Waals surface area contributed by atoms with Crippen molar-refractivity contribution in [1.82, 2.24) is 20.1 Å². The Hall–Kier alpha value is -4.57. The van der Waals surface area contributed by atoms with Gasteiger partial charge in [-0.2, -0.15) is 9.78 Å². The summed E-state index contributed by atoms with van der Waals surface area (Å²) in [6.07, 6.45) is 3.65. The van der Waals surface area contributed by atoms with Gasteiger partial charge in [-0.25, -0.2) is 9.78 Å². The van der Waals surface area contributed by atoms with Crippen molar-refractivity contribution in [1.29, 1.82) is 0 Å². The molecule has 0 spiro atoms. The molecule has 4 aromatic rings. The normalized spacial score (nSPS) is 12.6. The van der Waals surface area contributed by atoms with E-state index in [2.05, 4.69) is 27.9 Å². The topological polar surface area (TPSA) is 109 Å². The van der Waals surface area contributed by atoms with Crippen molar-refractivity contribution in [3.8, 4) is 28.6 Å². The quantitative estimate of drug-likeness (QED) is 0.255. The van der Waals surface area contributed by atoms with E-state index in [4.69, 9.17) is 23.9 Å². The van der Waals surface area contributed by atoms with Gasteiger partial charge >= 0.3 is 6.09 Å². The number of para-hydroxylation sites is 1. The minimum absolute atomic E-state index is 0.479. The first-order valence-electron chi connectivity index (χ1n) is 13.6. The predicted molar refractivity (Wildman–Crippen MR) is 156 cm³/mol. The standard InChI is InChI=1S/C31H35N5O5/c1-31(2,3)41-30(37)36-20-22(19-33-36)13-14-32-18-21-7-5-8-23(17-21)34-26-12-11-25(35-29(26)38-4)24-9-6-10-27-28(24)40-16-15-39-27/h5-12,17,19-20,32,34H,13-16,18H2,1-4H3. The van der Waals surface area contributed by atoms with E-state index in [0.29, 0.717) is 31.4 Å². The molecule has 0 amide bonds. The molecule has 0 bridgehead atoms. The van der Waals surface area contributed by atoms with Crippen LogP contribution in [0, 0.1) is 0 Å². The number of carbonyl (C=O) groups excluding carboxylic acids is 1. The number of nitrogens with one attached hydrogen (secondary N) is 2. The van der Waals surface area contributed by atoms with Crippen LogP contribution in [0.25, 0.3) is 11.3 Å². The number of hydrogen-bond acceptors (Lipinski definition) is 9. The summed E-state index contributed by atoms with van der Waals surface area (Å²) in [5.74, 6) is 1.90. The summed E-state index contributed by atoms with van der Waals surface area (Å²) in [6, 6.07) is 17.8. The number of methoxy groups -OCH3 is 1. The van der Waals surface area contributed by atoms with Crippen molar-refractivity contribution < 1.29 is 23.7 Å². The fourth-order valence-electron chi connectivity index (χ4n) is 4.39. The van der Waals surface area contributed by atoms with Crippen molar-refractivity contribution in [2.45, 2.75) is 39.3 Å². The Balaban J connectivity index is 1.18. The minimum Gasteiger partial charge on any atom is -0.486 e. The molecule has 0 radical (unpaired) electrons. The lowest BCUT2D eigenvalue weighted by molar-refractivity contribution is 0.0514. The highest BCUT2D eigenvalue weighted by Crippen LogP contribution is 2.40. The zero-order valence-corrected chi connectivity index (χ0v) is 23.8. The largest absolute Gasteiger partial charge is 0.486 e. The third-order valence-electron chi connectivity index (χ3n) is 6.24. The fraction of sp³-hybridized carbons (Fsp3) is 0.323. The number of carbonyl (C=O) groups is 1. The van der Waals surface area contributed by atoms with Crippen LogP contribution in [0.4, 0.5) is 16.2 Å². The average molecular weight is 558 g/mol. The monoisotopic (exact) mass is 557 g/mol. The van der Waals surface area contributed by atoms with Gasteiger partial charge in [-0.15, -0.1) is 0 Å². The van der Waals surface area contributed by atoms with Gasteiger partial charge in [0.2, 0.25) is 5.88 Å². The van der Waals surface area contributed by atoms with Crippen molar-refractivity contribution in [3.05, 3.63) is 78.1 Å². The van der Waals surface area contributed by atoms with Crippen LogP contribution < -0.4 is 24.8 Å². The summed E-state index contributed by atoms with van der Waals surface area (Å²) in [5.41, 5.74) is 4.79. The highest BCUT2D eigenvalue weighted by molar-refractivity contribution is 5.75. The smallest absolute Gasteiger partial charge is 0.435 e. The molecule has 0 aliphatic carbocycles. The highest BCUT2D eigenvalue weighted by atomic mass is 16.6. The van der Waals surface area contributed by atoms with Gasteiger partial charge in [0, 0.05) is 24.0 Å². The molecular formula is C31H35N5O5. The first-order chi connectivity index (χ1) is 19.8. The molecule has 0 saturated carbocycles. The van der Waals surface area contributed by atoms with Crippen molar-refractivity contribution in [3.63, 3.8) is 0 Å². The average Bonchev–Trinajstić information content (AvgIpc) is 3.44. The molecule has 2 aromatic heterocycles. The summed E-state index contributed by atoms with van der Waals surface area (Å²) in [4.78, 5) is 16.9. The molecule has 10 heteroatoms. The van der Waals surface area contributed by atoms with Crippen molar-refractivity contribution in [2.24, 2.45) is 0 Å². The Morgan fingerprint density at radius 1 is 1.05 bits per heavy atom. The molecule has 5 rings (SSSR count). The van der Waals surface area contributed by atoms with Crippen LogP contribution in [0.3, 0.4) is 0 Å². The molecule has 0 atom stereocenters. The van der Waals surface area contributed by atoms with Crippen LogP contribution in [-0.2, 0) is 17.7 Å². The van der Waals surface area contributed by atoms with E-state index in [0.717, 1.165) is 52.5 Å². The number of rotatable bonds is 9. The van der Waals surface area contributed by atoms with Gasteiger partial charge in [0.15, 0.2) is 11.5 Å². The van der Waals surface area contributed by atoms with Crippen LogP contribution in [0.1, 0.15) is 31.9 Å². The van der Waals surface area contributed by atoms with E-state index in [9.17, 15) is 4.79 Å². The Labute approximate surface area is 239 Å². The molecule has 3 heterocycles. The Bertz CT molecular complexity index is 1510. The van der Waals surface area contributed by atoms with Gasteiger partial charge in [0.1, 0.15) is 24.5 Å². The van der Waals surface area contributed by atoms with Gasteiger partial charge in [-0.1, -0.05) is 18.2 Å². The third-order valence-corrected chi connectivity index (χ3v) is 6.24. The van der Waals surface area contributed by atoms with E-state index in [1.807, 2.05) is 63.2 Å². The molecule has 1 aliphatic rings. The molecule has 0 saturated heterocycles. The van der Waals surface area contributed by atoms with Crippen molar-refractivity contribution in [2.75, 3.05) is 32.2 Å². The summed E-state index contributed by atoms with van der Waals surface area (Å²) < 4.78 is 23.8. The van der Waals surface area contributed by atoms with Crippen LogP contribution in [0.5, 0.6) is 17.4 Å². The molecule has 2 aromatic carbocycles. The SMILES string of the molecule is COc1nc(-c2cccc3c2OCCO3)ccc1Nc1cccc(CNCCc2cnn(C(=O)OC(C)(C)C)c2)c1. The summed E-state index contributed by atoms with van der Waals surface area (Å²) in [7, 11) is 1.61. The number of nitrogens with zero attached hydrogens (tertiary/aromatic N) is 3. The number of anilines is 2. The maximum Gasteiger partial charge on any atom is 0.435 e. The summed E-state index contributed by atoms with van der Waals surface area (Å²) >= 11 is 0. The second kappa shape index (κ2) is 12.3. The molecule has 0 fully saturated rings. The molecule has 214 valence electrons. The lowest BCUT2D eigenvalue weighted by Gasteiger charge is -2.21. The van der Waals surface area contributed by atoms with Gasteiger partial charge in [-0.3, -0.25) is 0 Å². The van der Waals surface area contributed by atoms with Crippen molar-refractivity contribution >= 4 is 17.5 Å². The van der Waals surface area contributed by atoms with Gasteiger partial charge < -0.3 is 29.6 Å². The third kappa shape index (κ3) is 7.15.